The van der Waals surface area contributed by atoms with Crippen molar-refractivity contribution < 1.29 is 27.8 Å². The van der Waals surface area contributed by atoms with Gasteiger partial charge in [-0.05, 0) is 12.5 Å². The largest absolute Gasteiger partial charge is 0.464 e. The number of aliphatic hydroxyl groups is 1. The summed E-state index contributed by atoms with van der Waals surface area (Å²) >= 11 is 0. The lowest BCUT2D eigenvalue weighted by atomic mass is 10.1. The van der Waals surface area contributed by atoms with Gasteiger partial charge < -0.3 is 9.84 Å². The minimum Gasteiger partial charge on any atom is -0.464 e. The number of benzene rings is 1. The SMILES string of the molecule is CCOC(=O)[C@H](O)[C@H](NCc1ccccc1)C(F)(F)F. The van der Waals surface area contributed by atoms with Crippen LogP contribution >= 0.6 is 0 Å². The molecule has 0 heterocycles. The Balaban J connectivity index is 2.73. The lowest BCUT2D eigenvalue weighted by Crippen LogP contribution is -2.53. The Morgan fingerprint density at radius 2 is 1.95 bits per heavy atom. The minimum absolute atomic E-state index is 0.0981. The van der Waals surface area contributed by atoms with E-state index in [0.29, 0.717) is 5.56 Å². The van der Waals surface area contributed by atoms with Gasteiger partial charge in [-0.2, -0.15) is 13.2 Å². The molecule has 0 amide bonds. The first kappa shape index (κ1) is 16.5. The van der Waals surface area contributed by atoms with Crippen LogP contribution in [0.4, 0.5) is 13.2 Å². The van der Waals surface area contributed by atoms with Crippen LogP contribution in [0.15, 0.2) is 30.3 Å². The molecule has 0 unspecified atom stereocenters. The molecule has 0 aliphatic carbocycles. The van der Waals surface area contributed by atoms with E-state index >= 15 is 0 Å². The van der Waals surface area contributed by atoms with Crippen molar-refractivity contribution in [3.63, 3.8) is 0 Å². The standard InChI is InChI=1S/C13H16F3NO3/c1-2-20-12(19)10(18)11(13(14,15)16)17-8-9-6-4-3-5-7-9/h3-7,10-11,17-18H,2,8H2,1H3/t10-,11+/m1/s1. The minimum atomic E-state index is -4.76. The van der Waals surface area contributed by atoms with Crippen LogP contribution in [0, 0.1) is 0 Å². The quantitative estimate of drug-likeness (QED) is 0.782. The van der Waals surface area contributed by atoms with E-state index in [-0.39, 0.29) is 13.2 Å². The summed E-state index contributed by atoms with van der Waals surface area (Å²) in [4.78, 5) is 11.2. The number of hydrogen-bond acceptors (Lipinski definition) is 4. The molecule has 0 aliphatic heterocycles. The van der Waals surface area contributed by atoms with Crippen LogP contribution in [0.3, 0.4) is 0 Å². The van der Waals surface area contributed by atoms with E-state index in [4.69, 9.17) is 0 Å². The van der Waals surface area contributed by atoms with Crippen molar-refractivity contribution in [1.29, 1.82) is 0 Å². The van der Waals surface area contributed by atoms with Crippen molar-refractivity contribution in [3.05, 3.63) is 35.9 Å². The van der Waals surface area contributed by atoms with Gasteiger partial charge in [0.1, 0.15) is 6.04 Å². The fraction of sp³-hybridized carbons (Fsp3) is 0.462. The maximum atomic E-state index is 12.8. The van der Waals surface area contributed by atoms with Gasteiger partial charge in [-0.1, -0.05) is 30.3 Å². The molecule has 0 aliphatic rings. The molecule has 4 nitrogen and oxygen atoms in total. The van der Waals surface area contributed by atoms with Crippen LogP contribution < -0.4 is 5.32 Å². The zero-order valence-corrected chi connectivity index (χ0v) is 10.9. The monoisotopic (exact) mass is 291 g/mol. The molecule has 1 rings (SSSR count). The van der Waals surface area contributed by atoms with Crippen LogP contribution in [0.25, 0.3) is 0 Å². The zero-order valence-electron chi connectivity index (χ0n) is 10.9. The van der Waals surface area contributed by atoms with Crippen LogP contribution in [0.2, 0.25) is 0 Å². The smallest absolute Gasteiger partial charge is 0.406 e. The average Bonchev–Trinajstić information content (AvgIpc) is 2.38. The fourth-order valence-corrected chi connectivity index (χ4v) is 1.59. The van der Waals surface area contributed by atoms with Gasteiger partial charge in [0.2, 0.25) is 0 Å². The molecule has 0 saturated carbocycles. The van der Waals surface area contributed by atoms with Crippen molar-refractivity contribution in [1.82, 2.24) is 5.32 Å². The van der Waals surface area contributed by atoms with Crippen LogP contribution in [0.1, 0.15) is 12.5 Å². The molecule has 1 aromatic carbocycles. The summed E-state index contributed by atoms with van der Waals surface area (Å²) in [5.74, 6) is -1.30. The summed E-state index contributed by atoms with van der Waals surface area (Å²) < 4.78 is 42.9. The molecule has 0 radical (unpaired) electrons. The number of alkyl halides is 3. The highest BCUT2D eigenvalue weighted by Crippen LogP contribution is 2.23. The molecule has 0 aromatic heterocycles. The molecule has 2 N–H and O–H groups in total. The molecular weight excluding hydrogens is 275 g/mol. The number of carbonyl (C=O) groups excluding carboxylic acids is 1. The van der Waals surface area contributed by atoms with Gasteiger partial charge >= 0.3 is 12.1 Å². The Labute approximate surface area is 114 Å². The normalized spacial score (nSPS) is 14.7. The van der Waals surface area contributed by atoms with Crippen molar-refractivity contribution in [2.45, 2.75) is 31.8 Å². The van der Waals surface area contributed by atoms with Crippen LogP contribution in [-0.2, 0) is 16.1 Å². The van der Waals surface area contributed by atoms with Crippen molar-refractivity contribution >= 4 is 5.97 Å². The summed E-state index contributed by atoms with van der Waals surface area (Å²) in [5.41, 5.74) is 0.609. The number of carbonyl (C=O) groups is 1. The van der Waals surface area contributed by atoms with Crippen molar-refractivity contribution in [3.8, 4) is 0 Å². The van der Waals surface area contributed by atoms with Gasteiger partial charge in [-0.15, -0.1) is 0 Å². The third-order valence-electron chi connectivity index (χ3n) is 2.57. The summed E-state index contributed by atoms with van der Waals surface area (Å²) in [6.45, 7) is 1.23. The highest BCUT2D eigenvalue weighted by Gasteiger charge is 2.47. The van der Waals surface area contributed by atoms with E-state index in [1.54, 1.807) is 30.3 Å². The zero-order chi connectivity index (χ0) is 15.2. The Morgan fingerprint density at radius 1 is 1.35 bits per heavy atom. The highest BCUT2D eigenvalue weighted by atomic mass is 19.4. The van der Waals surface area contributed by atoms with Gasteiger partial charge in [-0.3, -0.25) is 5.32 Å². The fourth-order valence-electron chi connectivity index (χ4n) is 1.59. The number of ether oxygens (including phenoxy) is 1. The first-order valence-electron chi connectivity index (χ1n) is 6.05. The Morgan fingerprint density at radius 3 is 2.45 bits per heavy atom. The summed E-state index contributed by atoms with van der Waals surface area (Å²) in [6, 6.07) is 6.00. The van der Waals surface area contributed by atoms with E-state index in [2.05, 4.69) is 10.1 Å². The van der Waals surface area contributed by atoms with Crippen LogP contribution in [0.5, 0.6) is 0 Å². The molecule has 0 bridgehead atoms. The topological polar surface area (TPSA) is 58.6 Å². The van der Waals surface area contributed by atoms with E-state index in [1.807, 2.05) is 0 Å². The van der Waals surface area contributed by atoms with Crippen molar-refractivity contribution in [2.75, 3.05) is 6.61 Å². The predicted molar refractivity (Wildman–Crippen MR) is 65.8 cm³/mol. The second-order valence-electron chi connectivity index (χ2n) is 4.08. The lowest BCUT2D eigenvalue weighted by Gasteiger charge is -2.25. The van der Waals surface area contributed by atoms with Crippen LogP contribution in [-0.4, -0.2) is 36.0 Å². The summed E-state index contributed by atoms with van der Waals surface area (Å²) in [6.07, 6.45) is -7.06. The summed E-state index contributed by atoms with van der Waals surface area (Å²) in [5, 5.41) is 11.6. The molecule has 7 heteroatoms. The average molecular weight is 291 g/mol. The first-order valence-corrected chi connectivity index (χ1v) is 6.05. The Kier molecular flexibility index (Phi) is 5.97. The molecule has 112 valence electrons. The third kappa shape index (κ3) is 4.82. The van der Waals surface area contributed by atoms with E-state index in [9.17, 15) is 23.1 Å². The molecule has 2 atom stereocenters. The number of esters is 1. The maximum absolute atomic E-state index is 12.8. The number of aliphatic hydroxyl groups excluding tert-OH is 1. The van der Waals surface area contributed by atoms with Gasteiger partial charge in [0.05, 0.1) is 6.61 Å². The van der Waals surface area contributed by atoms with Gasteiger partial charge in [0.25, 0.3) is 0 Å². The van der Waals surface area contributed by atoms with Gasteiger partial charge in [0.15, 0.2) is 6.10 Å². The van der Waals surface area contributed by atoms with E-state index in [1.165, 1.54) is 6.92 Å². The molecule has 0 saturated heterocycles. The van der Waals surface area contributed by atoms with E-state index in [0.717, 1.165) is 0 Å². The molecule has 0 spiro atoms. The second kappa shape index (κ2) is 7.25. The lowest BCUT2D eigenvalue weighted by molar-refractivity contribution is -0.192. The number of halogens is 3. The van der Waals surface area contributed by atoms with E-state index < -0.39 is 24.3 Å². The number of nitrogens with one attached hydrogen (secondary N) is 1. The van der Waals surface area contributed by atoms with Gasteiger partial charge in [0, 0.05) is 6.54 Å². The van der Waals surface area contributed by atoms with Crippen molar-refractivity contribution in [2.24, 2.45) is 0 Å². The number of rotatable bonds is 6. The predicted octanol–water partition coefficient (Wildman–Crippen LogP) is 1.63. The molecule has 1 aromatic rings. The highest BCUT2D eigenvalue weighted by molar-refractivity contribution is 5.75. The molecule has 0 fully saturated rings. The first-order chi connectivity index (χ1) is 9.36. The molecule has 20 heavy (non-hydrogen) atoms. The maximum Gasteiger partial charge on any atom is 0.406 e. The van der Waals surface area contributed by atoms with Gasteiger partial charge in [-0.25, -0.2) is 4.79 Å². The Bertz CT molecular complexity index is 423. The number of hydrogen-bond donors (Lipinski definition) is 2. The second-order valence-corrected chi connectivity index (χ2v) is 4.08. The molecular formula is C13H16F3NO3. The Hall–Kier alpha value is -1.60. The summed E-state index contributed by atoms with van der Waals surface area (Å²) in [7, 11) is 0. The third-order valence-corrected chi connectivity index (χ3v) is 2.57.